The van der Waals surface area contributed by atoms with E-state index in [-0.39, 0.29) is 22.3 Å². The molecule has 1 atom stereocenters. The summed E-state index contributed by atoms with van der Waals surface area (Å²) >= 11 is 7.34. The number of fused-ring (bicyclic) bond motifs is 1. The van der Waals surface area contributed by atoms with Gasteiger partial charge in [0.2, 0.25) is 0 Å². The van der Waals surface area contributed by atoms with E-state index in [1.165, 1.54) is 18.9 Å². The topological polar surface area (TPSA) is 61.4 Å². The molecule has 0 radical (unpaired) electrons. The average Bonchev–Trinajstić information content (AvgIpc) is 3.04. The molecule has 31 heavy (non-hydrogen) atoms. The zero-order chi connectivity index (χ0) is 22.8. The van der Waals surface area contributed by atoms with Crippen LogP contribution < -0.4 is 5.76 Å². The van der Waals surface area contributed by atoms with Crippen LogP contribution in [0.4, 0.5) is 13.2 Å². The number of thioether (sulfide) groups is 1. The lowest BCUT2D eigenvalue weighted by atomic mass is 10.2. The van der Waals surface area contributed by atoms with Crippen molar-refractivity contribution in [1.82, 2.24) is 4.57 Å². The van der Waals surface area contributed by atoms with Gasteiger partial charge in [-0.15, -0.1) is 11.8 Å². The highest BCUT2D eigenvalue weighted by molar-refractivity contribution is 8.00. The second-order valence-electron chi connectivity index (χ2n) is 6.77. The minimum atomic E-state index is -4.55. The van der Waals surface area contributed by atoms with Crippen molar-refractivity contribution in [3.05, 3.63) is 57.5 Å². The summed E-state index contributed by atoms with van der Waals surface area (Å²) in [5, 5.41) is -0.635. The standard InChI is InChI=1S/C21H19ClF3NO4S/c1-3-4-5-18(19(27)29-2)31-13-7-9-16-17(11-13)30-20(28)26(16)15-8-6-12(10-14(15)22)21(23,24)25/h6-11,18H,3-5H2,1-2H3. The number of nitrogens with zero attached hydrogens (tertiary/aromatic N) is 1. The van der Waals surface area contributed by atoms with E-state index in [4.69, 9.17) is 20.8 Å². The van der Waals surface area contributed by atoms with Crippen LogP contribution in [0.5, 0.6) is 0 Å². The highest BCUT2D eigenvalue weighted by Crippen LogP contribution is 2.35. The predicted molar refractivity (Wildman–Crippen MR) is 113 cm³/mol. The molecule has 1 aromatic heterocycles. The van der Waals surface area contributed by atoms with Crippen LogP contribution in [0.25, 0.3) is 16.8 Å². The number of halogens is 4. The van der Waals surface area contributed by atoms with Gasteiger partial charge in [0.05, 0.1) is 28.9 Å². The smallest absolute Gasteiger partial charge is 0.424 e. The van der Waals surface area contributed by atoms with Crippen molar-refractivity contribution in [2.75, 3.05) is 7.11 Å². The molecule has 1 unspecified atom stereocenters. The third-order valence-electron chi connectivity index (χ3n) is 4.63. The second kappa shape index (κ2) is 9.40. The van der Waals surface area contributed by atoms with Gasteiger partial charge in [-0.25, -0.2) is 9.36 Å². The largest absolute Gasteiger partial charge is 0.468 e. The van der Waals surface area contributed by atoms with Gasteiger partial charge in [0.1, 0.15) is 5.25 Å². The van der Waals surface area contributed by atoms with Gasteiger partial charge >= 0.3 is 17.9 Å². The summed E-state index contributed by atoms with van der Waals surface area (Å²) in [6, 6.07) is 7.66. The summed E-state index contributed by atoms with van der Waals surface area (Å²) in [7, 11) is 1.33. The summed E-state index contributed by atoms with van der Waals surface area (Å²) in [5.74, 6) is -1.12. The Hall–Kier alpha value is -2.39. The molecule has 2 aromatic carbocycles. The summed E-state index contributed by atoms with van der Waals surface area (Å²) in [6.07, 6.45) is -2.13. The van der Waals surface area contributed by atoms with Crippen LogP contribution >= 0.6 is 23.4 Å². The zero-order valence-corrected chi connectivity index (χ0v) is 18.2. The fraction of sp³-hybridized carbons (Fsp3) is 0.333. The SMILES string of the molecule is CCCCC(Sc1ccc2c(c1)oc(=O)n2-c1ccc(C(F)(F)F)cc1Cl)C(=O)OC. The number of ether oxygens (including phenoxy) is 1. The van der Waals surface area contributed by atoms with Crippen LogP contribution in [0.3, 0.4) is 0 Å². The lowest BCUT2D eigenvalue weighted by molar-refractivity contribution is -0.140. The normalized spacial score (nSPS) is 12.8. The van der Waals surface area contributed by atoms with E-state index in [9.17, 15) is 22.8 Å². The third kappa shape index (κ3) is 5.10. The molecule has 0 fully saturated rings. The molecular weight excluding hydrogens is 455 g/mol. The number of rotatable bonds is 7. The Morgan fingerprint density at radius 1 is 1.26 bits per heavy atom. The Kier molecular flexibility index (Phi) is 7.06. The van der Waals surface area contributed by atoms with Gasteiger partial charge in [-0.05, 0) is 42.8 Å². The first-order valence-corrected chi connectivity index (χ1v) is 10.7. The number of oxazole rings is 1. The second-order valence-corrected chi connectivity index (χ2v) is 8.45. The first kappa shape index (κ1) is 23.3. The number of hydrogen-bond donors (Lipinski definition) is 0. The van der Waals surface area contributed by atoms with E-state index in [1.54, 1.807) is 18.2 Å². The molecular formula is C21H19ClF3NO4S. The van der Waals surface area contributed by atoms with Gasteiger partial charge in [0.25, 0.3) is 0 Å². The molecule has 166 valence electrons. The molecule has 10 heteroatoms. The Labute approximate surface area is 185 Å². The lowest BCUT2D eigenvalue weighted by Crippen LogP contribution is -2.18. The van der Waals surface area contributed by atoms with Crippen LogP contribution in [0.1, 0.15) is 31.7 Å². The van der Waals surface area contributed by atoms with Crippen molar-refractivity contribution in [3.63, 3.8) is 0 Å². The summed E-state index contributed by atoms with van der Waals surface area (Å²) in [6.45, 7) is 2.02. The van der Waals surface area contributed by atoms with Crippen LogP contribution in [0.2, 0.25) is 5.02 Å². The van der Waals surface area contributed by atoms with Crippen molar-refractivity contribution >= 4 is 40.4 Å². The van der Waals surface area contributed by atoms with Crippen LogP contribution in [0, 0.1) is 0 Å². The predicted octanol–water partition coefficient (Wildman–Crippen LogP) is 6.08. The Bertz CT molecular complexity index is 1160. The molecule has 0 saturated heterocycles. The van der Waals surface area contributed by atoms with Crippen LogP contribution in [-0.4, -0.2) is 22.9 Å². The van der Waals surface area contributed by atoms with Gasteiger partial charge in [0, 0.05) is 4.90 Å². The minimum Gasteiger partial charge on any atom is -0.468 e. The quantitative estimate of drug-likeness (QED) is 0.307. The van der Waals surface area contributed by atoms with Crippen molar-refractivity contribution < 1.29 is 27.1 Å². The van der Waals surface area contributed by atoms with Gasteiger partial charge in [-0.2, -0.15) is 13.2 Å². The molecule has 5 nitrogen and oxygen atoms in total. The number of hydrogen-bond acceptors (Lipinski definition) is 5. The highest BCUT2D eigenvalue weighted by atomic mass is 35.5. The third-order valence-corrected chi connectivity index (χ3v) is 6.17. The molecule has 0 bridgehead atoms. The molecule has 0 N–H and O–H groups in total. The molecule has 3 aromatic rings. The van der Waals surface area contributed by atoms with Crippen molar-refractivity contribution in [1.29, 1.82) is 0 Å². The highest BCUT2D eigenvalue weighted by Gasteiger charge is 2.31. The van der Waals surface area contributed by atoms with E-state index in [2.05, 4.69) is 0 Å². The molecule has 0 saturated carbocycles. The zero-order valence-electron chi connectivity index (χ0n) is 16.7. The Balaban J connectivity index is 1.98. The van der Waals surface area contributed by atoms with E-state index < -0.39 is 22.7 Å². The number of unbranched alkanes of at least 4 members (excludes halogenated alkanes) is 1. The van der Waals surface area contributed by atoms with Gasteiger partial charge in [-0.3, -0.25) is 4.79 Å². The monoisotopic (exact) mass is 473 g/mol. The van der Waals surface area contributed by atoms with Gasteiger partial charge in [0.15, 0.2) is 5.58 Å². The molecule has 0 aliphatic heterocycles. The molecule has 0 aliphatic rings. The van der Waals surface area contributed by atoms with Crippen molar-refractivity contribution in [3.8, 4) is 5.69 Å². The van der Waals surface area contributed by atoms with Gasteiger partial charge in [-0.1, -0.05) is 31.4 Å². The number of alkyl halides is 3. The van der Waals surface area contributed by atoms with E-state index in [0.29, 0.717) is 16.8 Å². The van der Waals surface area contributed by atoms with Crippen molar-refractivity contribution in [2.24, 2.45) is 0 Å². The average molecular weight is 474 g/mol. The maximum Gasteiger partial charge on any atom is 0.424 e. The molecule has 0 aliphatic carbocycles. The lowest BCUT2D eigenvalue weighted by Gasteiger charge is -2.14. The number of carbonyl (C=O) groups excluding carboxylic acids is 1. The number of esters is 1. The van der Waals surface area contributed by atoms with E-state index >= 15 is 0 Å². The van der Waals surface area contributed by atoms with Crippen LogP contribution in [0.15, 0.2) is 50.5 Å². The summed E-state index contributed by atoms with van der Waals surface area (Å²) < 4.78 is 50.0. The molecule has 0 spiro atoms. The Morgan fingerprint density at radius 2 is 2.00 bits per heavy atom. The maximum atomic E-state index is 12.9. The molecule has 0 amide bonds. The van der Waals surface area contributed by atoms with E-state index in [0.717, 1.165) is 35.6 Å². The Morgan fingerprint density at radius 3 is 2.61 bits per heavy atom. The molecule has 1 heterocycles. The van der Waals surface area contributed by atoms with Gasteiger partial charge < -0.3 is 9.15 Å². The number of aromatic nitrogens is 1. The summed E-state index contributed by atoms with van der Waals surface area (Å²) in [5.41, 5.74) is -0.264. The van der Waals surface area contributed by atoms with Crippen molar-refractivity contribution in [2.45, 2.75) is 42.5 Å². The fourth-order valence-corrected chi connectivity index (χ4v) is 4.47. The number of methoxy groups -OCH3 is 1. The molecule has 3 rings (SSSR count). The fourth-order valence-electron chi connectivity index (χ4n) is 3.08. The first-order valence-electron chi connectivity index (χ1n) is 9.43. The summed E-state index contributed by atoms with van der Waals surface area (Å²) in [4.78, 5) is 25.2. The van der Waals surface area contributed by atoms with Crippen LogP contribution in [-0.2, 0) is 15.7 Å². The van der Waals surface area contributed by atoms with E-state index in [1.807, 2.05) is 6.92 Å². The number of carbonyl (C=O) groups is 1. The maximum absolute atomic E-state index is 12.9. The number of benzene rings is 2. The first-order chi connectivity index (χ1) is 14.7. The minimum absolute atomic E-state index is 0.0780.